The van der Waals surface area contributed by atoms with Gasteiger partial charge in [0.15, 0.2) is 0 Å². The molecule has 1 fully saturated rings. The Labute approximate surface area is 78.0 Å². The topological polar surface area (TPSA) is 40.5 Å². The van der Waals surface area contributed by atoms with Crippen LogP contribution in [-0.4, -0.2) is 35.1 Å². The van der Waals surface area contributed by atoms with Gasteiger partial charge in [-0.2, -0.15) is 0 Å². The molecule has 1 saturated heterocycles. The smallest absolute Gasteiger partial charge is 0.249 e. The quantitative estimate of drug-likeness (QED) is 0.646. The standard InChI is InChI=1S/C10H15NO2/c12-9-4-6-11(7-5-9)10(13)8-2-1-3-8/h2,9,12H,1,3-7H2. The lowest BCUT2D eigenvalue weighted by atomic mass is 9.96. The average Bonchev–Trinajstić information content (AvgIpc) is 2.02. The van der Waals surface area contributed by atoms with Crippen LogP contribution in [0.1, 0.15) is 25.7 Å². The predicted molar refractivity (Wildman–Crippen MR) is 49.1 cm³/mol. The van der Waals surface area contributed by atoms with E-state index in [2.05, 4.69) is 0 Å². The molecule has 0 radical (unpaired) electrons. The number of hydrogen-bond donors (Lipinski definition) is 1. The monoisotopic (exact) mass is 181 g/mol. The lowest BCUT2D eigenvalue weighted by Crippen LogP contribution is -2.41. The molecule has 1 N–H and O–H groups in total. The van der Waals surface area contributed by atoms with Crippen LogP contribution in [0.2, 0.25) is 0 Å². The number of carbonyl (C=O) groups excluding carboxylic acids is 1. The van der Waals surface area contributed by atoms with Gasteiger partial charge in [0.1, 0.15) is 0 Å². The van der Waals surface area contributed by atoms with E-state index in [-0.39, 0.29) is 12.0 Å². The molecule has 1 amide bonds. The average molecular weight is 181 g/mol. The number of amides is 1. The second kappa shape index (κ2) is 3.50. The molecule has 0 atom stereocenters. The van der Waals surface area contributed by atoms with E-state index in [0.717, 1.165) is 44.3 Å². The molecule has 0 aromatic carbocycles. The maximum absolute atomic E-state index is 11.7. The molecule has 3 heteroatoms. The van der Waals surface area contributed by atoms with Gasteiger partial charge >= 0.3 is 0 Å². The second-order valence-corrected chi connectivity index (χ2v) is 3.79. The third-order valence-electron chi connectivity index (χ3n) is 2.83. The normalized spacial score (nSPS) is 23.8. The van der Waals surface area contributed by atoms with Crippen LogP contribution < -0.4 is 0 Å². The lowest BCUT2D eigenvalue weighted by Gasteiger charge is -2.31. The van der Waals surface area contributed by atoms with Gasteiger partial charge < -0.3 is 10.0 Å². The van der Waals surface area contributed by atoms with E-state index in [4.69, 9.17) is 0 Å². The Hall–Kier alpha value is -0.830. The minimum absolute atomic E-state index is 0.193. The Morgan fingerprint density at radius 1 is 1.46 bits per heavy atom. The van der Waals surface area contributed by atoms with Gasteiger partial charge in [0.25, 0.3) is 0 Å². The predicted octanol–water partition coefficient (Wildman–Crippen LogP) is 0.690. The van der Waals surface area contributed by atoms with E-state index in [1.165, 1.54) is 0 Å². The highest BCUT2D eigenvalue weighted by atomic mass is 16.3. The molecule has 0 bridgehead atoms. The zero-order valence-electron chi connectivity index (χ0n) is 7.70. The Kier molecular flexibility index (Phi) is 2.36. The molecule has 2 rings (SSSR count). The highest BCUT2D eigenvalue weighted by molar-refractivity contribution is 5.94. The third-order valence-corrected chi connectivity index (χ3v) is 2.83. The first-order valence-corrected chi connectivity index (χ1v) is 4.94. The van der Waals surface area contributed by atoms with Crippen LogP contribution in [0.5, 0.6) is 0 Å². The lowest BCUT2D eigenvalue weighted by molar-refractivity contribution is -0.129. The summed E-state index contributed by atoms with van der Waals surface area (Å²) in [7, 11) is 0. The van der Waals surface area contributed by atoms with Crippen molar-refractivity contribution in [2.24, 2.45) is 0 Å². The summed E-state index contributed by atoms with van der Waals surface area (Å²) in [4.78, 5) is 13.5. The van der Waals surface area contributed by atoms with Crippen LogP contribution in [0, 0.1) is 0 Å². The van der Waals surface area contributed by atoms with E-state index in [1.807, 2.05) is 11.0 Å². The number of carbonyl (C=O) groups is 1. The van der Waals surface area contributed by atoms with Crippen molar-refractivity contribution in [1.29, 1.82) is 0 Å². The molecule has 1 aliphatic carbocycles. The van der Waals surface area contributed by atoms with E-state index in [0.29, 0.717) is 0 Å². The van der Waals surface area contributed by atoms with Crippen molar-refractivity contribution >= 4 is 5.91 Å². The first kappa shape index (κ1) is 8.75. The highest BCUT2D eigenvalue weighted by Crippen LogP contribution is 2.22. The summed E-state index contributed by atoms with van der Waals surface area (Å²) in [5.41, 5.74) is 0.969. The molecule has 1 heterocycles. The summed E-state index contributed by atoms with van der Waals surface area (Å²) in [6.45, 7) is 1.44. The van der Waals surface area contributed by atoms with E-state index < -0.39 is 0 Å². The molecule has 1 aliphatic heterocycles. The SMILES string of the molecule is O=C(C1=CCC1)N1CCC(O)CC1. The first-order valence-electron chi connectivity index (χ1n) is 4.94. The number of allylic oxidation sites excluding steroid dienone is 1. The number of rotatable bonds is 1. The zero-order chi connectivity index (χ0) is 9.26. The summed E-state index contributed by atoms with van der Waals surface area (Å²) in [6.07, 6.45) is 5.28. The third kappa shape index (κ3) is 1.75. The summed E-state index contributed by atoms with van der Waals surface area (Å²) in [5, 5.41) is 9.27. The molecule has 2 aliphatic rings. The van der Waals surface area contributed by atoms with Crippen molar-refractivity contribution in [2.75, 3.05) is 13.1 Å². The molecular weight excluding hydrogens is 166 g/mol. The molecule has 0 aromatic rings. The van der Waals surface area contributed by atoms with Crippen LogP contribution in [0.4, 0.5) is 0 Å². The van der Waals surface area contributed by atoms with Gasteiger partial charge in [-0.15, -0.1) is 0 Å². The zero-order valence-corrected chi connectivity index (χ0v) is 7.70. The van der Waals surface area contributed by atoms with Gasteiger partial charge in [-0.25, -0.2) is 0 Å². The first-order chi connectivity index (χ1) is 6.27. The molecule has 0 spiro atoms. The summed E-state index contributed by atoms with van der Waals surface area (Å²) < 4.78 is 0. The fraction of sp³-hybridized carbons (Fsp3) is 0.700. The van der Waals surface area contributed by atoms with Crippen molar-refractivity contribution in [3.05, 3.63) is 11.6 Å². The minimum Gasteiger partial charge on any atom is -0.393 e. The number of aliphatic hydroxyl groups is 1. The van der Waals surface area contributed by atoms with Gasteiger partial charge in [0.2, 0.25) is 5.91 Å². The fourth-order valence-electron chi connectivity index (χ4n) is 1.75. The number of piperidine rings is 1. The molecule has 3 nitrogen and oxygen atoms in total. The van der Waals surface area contributed by atoms with E-state index in [1.54, 1.807) is 0 Å². The molecule has 72 valence electrons. The molecule has 0 aromatic heterocycles. The maximum Gasteiger partial charge on any atom is 0.249 e. The van der Waals surface area contributed by atoms with Gasteiger partial charge in [0, 0.05) is 18.7 Å². The summed E-state index contributed by atoms with van der Waals surface area (Å²) >= 11 is 0. The molecule has 0 unspecified atom stereocenters. The number of hydrogen-bond acceptors (Lipinski definition) is 2. The molecule has 0 saturated carbocycles. The molecule has 13 heavy (non-hydrogen) atoms. The fourth-order valence-corrected chi connectivity index (χ4v) is 1.75. The summed E-state index contributed by atoms with van der Waals surface area (Å²) in [6, 6.07) is 0. The van der Waals surface area contributed by atoms with Gasteiger partial charge in [-0.05, 0) is 25.7 Å². The van der Waals surface area contributed by atoms with Gasteiger partial charge in [0.05, 0.1) is 6.10 Å². The molecular formula is C10H15NO2. The maximum atomic E-state index is 11.7. The Morgan fingerprint density at radius 3 is 2.54 bits per heavy atom. The van der Waals surface area contributed by atoms with Crippen molar-refractivity contribution in [2.45, 2.75) is 31.8 Å². The van der Waals surface area contributed by atoms with Crippen LogP contribution in [0.15, 0.2) is 11.6 Å². The van der Waals surface area contributed by atoms with Crippen molar-refractivity contribution in [3.63, 3.8) is 0 Å². The van der Waals surface area contributed by atoms with Crippen LogP contribution in [0.25, 0.3) is 0 Å². The minimum atomic E-state index is -0.195. The number of likely N-dealkylation sites (tertiary alicyclic amines) is 1. The number of aliphatic hydroxyl groups excluding tert-OH is 1. The Morgan fingerprint density at radius 2 is 2.08 bits per heavy atom. The Bertz CT molecular complexity index is 239. The second-order valence-electron chi connectivity index (χ2n) is 3.79. The van der Waals surface area contributed by atoms with Gasteiger partial charge in [-0.3, -0.25) is 4.79 Å². The van der Waals surface area contributed by atoms with E-state index in [9.17, 15) is 9.90 Å². The van der Waals surface area contributed by atoms with Crippen molar-refractivity contribution < 1.29 is 9.90 Å². The Balaban J connectivity index is 1.90. The highest BCUT2D eigenvalue weighted by Gasteiger charge is 2.25. The van der Waals surface area contributed by atoms with Gasteiger partial charge in [-0.1, -0.05) is 6.08 Å². The van der Waals surface area contributed by atoms with Crippen LogP contribution in [-0.2, 0) is 4.79 Å². The van der Waals surface area contributed by atoms with Crippen LogP contribution in [0.3, 0.4) is 0 Å². The largest absolute Gasteiger partial charge is 0.393 e. The van der Waals surface area contributed by atoms with Crippen molar-refractivity contribution in [1.82, 2.24) is 4.90 Å². The van der Waals surface area contributed by atoms with Crippen LogP contribution >= 0.6 is 0 Å². The summed E-state index contributed by atoms with van der Waals surface area (Å²) in [5.74, 6) is 0.193. The number of nitrogens with zero attached hydrogens (tertiary/aromatic N) is 1. The van der Waals surface area contributed by atoms with Crippen molar-refractivity contribution in [3.8, 4) is 0 Å². The van der Waals surface area contributed by atoms with E-state index >= 15 is 0 Å².